The summed E-state index contributed by atoms with van der Waals surface area (Å²) in [6.07, 6.45) is 4.15. The number of sulfonamides is 1. The topological polar surface area (TPSA) is 89.3 Å². The molecule has 7 heteroatoms. The number of nitrogens with two attached hydrogens (primary N) is 1. The molecule has 1 aromatic rings. The van der Waals surface area contributed by atoms with Crippen LogP contribution in [0.25, 0.3) is 0 Å². The number of unbranched alkanes of at least 4 members (excludes halogenated alkanes) is 3. The van der Waals surface area contributed by atoms with E-state index in [0.717, 1.165) is 43.9 Å². The van der Waals surface area contributed by atoms with Gasteiger partial charge in [0.1, 0.15) is 5.82 Å². The first-order chi connectivity index (χ1) is 9.32. The van der Waals surface area contributed by atoms with Crippen LogP contribution in [0.4, 0.5) is 10.1 Å². The van der Waals surface area contributed by atoms with Gasteiger partial charge in [0.2, 0.25) is 15.9 Å². The Morgan fingerprint density at radius 2 is 1.95 bits per heavy atom. The first kappa shape index (κ1) is 16.6. The van der Waals surface area contributed by atoms with Crippen LogP contribution in [0.15, 0.2) is 23.1 Å². The van der Waals surface area contributed by atoms with Crippen LogP contribution in [-0.4, -0.2) is 14.3 Å². The Balaban J connectivity index is 2.68. The Labute approximate surface area is 118 Å². The SMILES string of the molecule is CCCCCCC(=O)Nc1cc(F)cc(S(N)(=O)=O)c1. The Hall–Kier alpha value is -1.47. The highest BCUT2D eigenvalue weighted by Crippen LogP contribution is 2.17. The van der Waals surface area contributed by atoms with Crippen molar-refractivity contribution in [2.24, 2.45) is 5.14 Å². The predicted molar refractivity (Wildman–Crippen MR) is 75.2 cm³/mol. The zero-order valence-corrected chi connectivity index (χ0v) is 12.2. The smallest absolute Gasteiger partial charge is 0.238 e. The normalized spacial score (nSPS) is 11.3. The van der Waals surface area contributed by atoms with Crippen LogP contribution in [0, 0.1) is 5.82 Å². The molecule has 0 saturated heterocycles. The van der Waals surface area contributed by atoms with Crippen molar-refractivity contribution in [1.29, 1.82) is 0 Å². The fourth-order valence-electron chi connectivity index (χ4n) is 1.73. The summed E-state index contributed by atoms with van der Waals surface area (Å²) in [5.41, 5.74) is 0.0921. The van der Waals surface area contributed by atoms with E-state index in [2.05, 4.69) is 12.2 Å². The molecule has 0 saturated carbocycles. The molecule has 0 aliphatic rings. The molecule has 0 aromatic heterocycles. The molecule has 1 amide bonds. The summed E-state index contributed by atoms with van der Waals surface area (Å²) < 4.78 is 35.6. The van der Waals surface area contributed by atoms with Gasteiger partial charge in [0, 0.05) is 12.1 Å². The summed E-state index contributed by atoms with van der Waals surface area (Å²) in [6.45, 7) is 2.07. The standard InChI is InChI=1S/C13H19FN2O3S/c1-2-3-4-5-6-13(17)16-11-7-10(14)8-12(9-11)20(15,18)19/h7-9H,2-6H2,1H3,(H,16,17)(H2,15,18,19). The number of amides is 1. The van der Waals surface area contributed by atoms with Crippen LogP contribution in [0.1, 0.15) is 39.0 Å². The Morgan fingerprint density at radius 3 is 2.55 bits per heavy atom. The summed E-state index contributed by atoms with van der Waals surface area (Å²) in [7, 11) is -4.00. The van der Waals surface area contributed by atoms with E-state index in [9.17, 15) is 17.6 Å². The quantitative estimate of drug-likeness (QED) is 0.758. The number of carbonyl (C=O) groups is 1. The minimum atomic E-state index is -4.00. The molecule has 0 bridgehead atoms. The highest BCUT2D eigenvalue weighted by molar-refractivity contribution is 7.89. The van der Waals surface area contributed by atoms with E-state index in [-0.39, 0.29) is 16.5 Å². The van der Waals surface area contributed by atoms with Crippen molar-refractivity contribution in [3.05, 3.63) is 24.0 Å². The molecule has 1 rings (SSSR count). The van der Waals surface area contributed by atoms with Gasteiger partial charge in [0.05, 0.1) is 4.90 Å². The van der Waals surface area contributed by atoms with E-state index in [1.165, 1.54) is 0 Å². The molecule has 20 heavy (non-hydrogen) atoms. The van der Waals surface area contributed by atoms with E-state index in [4.69, 9.17) is 5.14 Å². The molecule has 1 aromatic carbocycles. The summed E-state index contributed by atoms with van der Waals surface area (Å²) in [4.78, 5) is 11.3. The lowest BCUT2D eigenvalue weighted by molar-refractivity contribution is -0.116. The number of nitrogens with one attached hydrogen (secondary N) is 1. The average Bonchev–Trinajstić information content (AvgIpc) is 2.33. The maximum atomic E-state index is 13.3. The number of primary sulfonamides is 1. The maximum Gasteiger partial charge on any atom is 0.238 e. The van der Waals surface area contributed by atoms with Crippen molar-refractivity contribution in [2.75, 3.05) is 5.32 Å². The lowest BCUT2D eigenvalue weighted by atomic mass is 10.1. The second-order valence-corrected chi connectivity index (χ2v) is 6.14. The van der Waals surface area contributed by atoms with Gasteiger partial charge in [0.15, 0.2) is 0 Å². The first-order valence-corrected chi connectivity index (χ1v) is 8.01. The van der Waals surface area contributed by atoms with Gasteiger partial charge in [0.25, 0.3) is 0 Å². The first-order valence-electron chi connectivity index (χ1n) is 6.46. The monoisotopic (exact) mass is 302 g/mol. The van der Waals surface area contributed by atoms with Crippen molar-refractivity contribution < 1.29 is 17.6 Å². The second kappa shape index (κ2) is 7.35. The van der Waals surface area contributed by atoms with Gasteiger partial charge in [-0.25, -0.2) is 17.9 Å². The van der Waals surface area contributed by atoms with E-state index in [0.29, 0.717) is 6.42 Å². The van der Waals surface area contributed by atoms with Gasteiger partial charge in [-0.05, 0) is 24.6 Å². The van der Waals surface area contributed by atoms with E-state index < -0.39 is 15.8 Å². The van der Waals surface area contributed by atoms with E-state index in [1.807, 2.05) is 0 Å². The molecule has 0 fully saturated rings. The molecule has 0 aliphatic heterocycles. The van der Waals surface area contributed by atoms with Gasteiger partial charge in [-0.3, -0.25) is 4.79 Å². The highest BCUT2D eigenvalue weighted by Gasteiger charge is 2.12. The Kier molecular flexibility index (Phi) is 6.09. The molecule has 5 nitrogen and oxygen atoms in total. The van der Waals surface area contributed by atoms with Gasteiger partial charge in [-0.1, -0.05) is 26.2 Å². The van der Waals surface area contributed by atoms with Gasteiger partial charge >= 0.3 is 0 Å². The van der Waals surface area contributed by atoms with E-state index in [1.54, 1.807) is 0 Å². The van der Waals surface area contributed by atoms with Crippen molar-refractivity contribution in [3.8, 4) is 0 Å². The Morgan fingerprint density at radius 1 is 1.25 bits per heavy atom. The summed E-state index contributed by atoms with van der Waals surface area (Å²) in [5.74, 6) is -1.04. The predicted octanol–water partition coefficient (Wildman–Crippen LogP) is 2.38. The largest absolute Gasteiger partial charge is 0.326 e. The fourth-order valence-corrected chi connectivity index (χ4v) is 2.30. The molecule has 0 unspecified atom stereocenters. The van der Waals surface area contributed by atoms with Crippen molar-refractivity contribution >= 4 is 21.6 Å². The number of rotatable bonds is 7. The van der Waals surface area contributed by atoms with Crippen molar-refractivity contribution in [2.45, 2.75) is 43.9 Å². The lowest BCUT2D eigenvalue weighted by Gasteiger charge is -2.07. The van der Waals surface area contributed by atoms with Crippen LogP contribution >= 0.6 is 0 Å². The van der Waals surface area contributed by atoms with Gasteiger partial charge < -0.3 is 5.32 Å². The molecular formula is C13H19FN2O3S. The number of benzene rings is 1. The number of hydrogen-bond donors (Lipinski definition) is 2. The minimum Gasteiger partial charge on any atom is -0.326 e. The third kappa shape index (κ3) is 5.66. The molecule has 0 spiro atoms. The summed E-state index contributed by atoms with van der Waals surface area (Å²) in [6, 6.07) is 3.01. The van der Waals surface area contributed by atoms with Crippen LogP contribution in [0.3, 0.4) is 0 Å². The third-order valence-electron chi connectivity index (χ3n) is 2.74. The second-order valence-electron chi connectivity index (χ2n) is 4.58. The lowest BCUT2D eigenvalue weighted by Crippen LogP contribution is -2.15. The van der Waals surface area contributed by atoms with Crippen molar-refractivity contribution in [3.63, 3.8) is 0 Å². The number of halogens is 1. The van der Waals surface area contributed by atoms with Crippen LogP contribution in [-0.2, 0) is 14.8 Å². The number of hydrogen-bond acceptors (Lipinski definition) is 3. The minimum absolute atomic E-state index is 0.0921. The molecule has 0 radical (unpaired) electrons. The van der Waals surface area contributed by atoms with Crippen molar-refractivity contribution in [1.82, 2.24) is 0 Å². The molecule has 0 atom stereocenters. The highest BCUT2D eigenvalue weighted by atomic mass is 32.2. The summed E-state index contributed by atoms with van der Waals surface area (Å²) in [5, 5.41) is 7.40. The zero-order valence-electron chi connectivity index (χ0n) is 11.4. The summed E-state index contributed by atoms with van der Waals surface area (Å²) >= 11 is 0. The third-order valence-corrected chi connectivity index (χ3v) is 3.63. The molecule has 0 aliphatic carbocycles. The molecule has 3 N–H and O–H groups in total. The average molecular weight is 302 g/mol. The van der Waals surface area contributed by atoms with Gasteiger partial charge in [-0.2, -0.15) is 0 Å². The van der Waals surface area contributed by atoms with Gasteiger partial charge in [-0.15, -0.1) is 0 Å². The van der Waals surface area contributed by atoms with E-state index >= 15 is 0 Å². The van der Waals surface area contributed by atoms with Crippen LogP contribution in [0.5, 0.6) is 0 Å². The number of anilines is 1. The van der Waals surface area contributed by atoms with Crippen LogP contribution in [0.2, 0.25) is 0 Å². The Bertz CT molecular complexity index is 573. The molecule has 0 heterocycles. The molecule has 112 valence electrons. The fraction of sp³-hybridized carbons (Fsp3) is 0.462. The van der Waals surface area contributed by atoms with Crippen LogP contribution < -0.4 is 10.5 Å². The number of carbonyl (C=O) groups excluding carboxylic acids is 1. The zero-order chi connectivity index (χ0) is 15.2. The molecular weight excluding hydrogens is 283 g/mol. The maximum absolute atomic E-state index is 13.3.